The molecule has 0 radical (unpaired) electrons. The molecule has 0 atom stereocenters. The zero-order valence-corrected chi connectivity index (χ0v) is 14.0. The molecule has 0 spiro atoms. The molecule has 2 N–H and O–H groups in total. The molecule has 1 heterocycles. The van der Waals surface area contributed by atoms with Crippen molar-refractivity contribution in [1.82, 2.24) is 15.4 Å². The summed E-state index contributed by atoms with van der Waals surface area (Å²) in [6.07, 6.45) is 1.70. The van der Waals surface area contributed by atoms with Crippen LogP contribution in [0, 0.1) is 5.82 Å². The first-order valence-electron chi connectivity index (χ1n) is 5.76. The summed E-state index contributed by atoms with van der Waals surface area (Å²) in [4.78, 5) is 23.7. The molecule has 0 bridgehead atoms. The van der Waals surface area contributed by atoms with Crippen LogP contribution in [-0.4, -0.2) is 16.4 Å². The molecule has 0 aliphatic rings. The first-order valence-corrected chi connectivity index (χ1v) is 7.34. The van der Waals surface area contributed by atoms with E-state index in [0.29, 0.717) is 10.2 Å². The maximum atomic E-state index is 13.6. The summed E-state index contributed by atoms with van der Waals surface area (Å²) in [5.41, 5.74) is 4.59. The van der Waals surface area contributed by atoms with Crippen LogP contribution in [0.3, 0.4) is 0 Å². The summed E-state index contributed by atoms with van der Waals surface area (Å²) >= 11 is 6.34. The lowest BCUT2D eigenvalue weighted by molar-refractivity contribution is 0.0839. The van der Waals surface area contributed by atoms with E-state index >= 15 is 0 Å². The van der Waals surface area contributed by atoms with Crippen LogP contribution in [0.25, 0.3) is 0 Å². The van der Waals surface area contributed by atoms with Crippen molar-refractivity contribution in [3.8, 4) is 0 Å². The van der Waals surface area contributed by atoms with Gasteiger partial charge >= 0.3 is 0 Å². The van der Waals surface area contributed by atoms with Gasteiger partial charge in [0.25, 0.3) is 11.8 Å². The van der Waals surface area contributed by atoms with Gasteiger partial charge in [0.15, 0.2) is 0 Å². The average Bonchev–Trinajstić information content (AvgIpc) is 2.74. The van der Waals surface area contributed by atoms with Crippen LogP contribution in [0.2, 0.25) is 0 Å². The molecule has 2 rings (SSSR count). The fraction of sp³-hybridized carbons (Fsp3) is 0.0769. The molecule has 0 fully saturated rings. The van der Waals surface area contributed by atoms with Crippen molar-refractivity contribution in [1.29, 1.82) is 0 Å². The van der Waals surface area contributed by atoms with Gasteiger partial charge in [-0.2, -0.15) is 0 Å². The largest absolute Gasteiger partial charge is 0.345 e. The number of carbonyl (C=O) groups is 2. The Morgan fingerprint density at radius 2 is 1.76 bits per heavy atom. The zero-order chi connectivity index (χ0) is 15.6. The van der Waals surface area contributed by atoms with Crippen LogP contribution in [0.4, 0.5) is 4.39 Å². The molecule has 1 aromatic carbocycles. The topological polar surface area (TPSA) is 63.1 Å². The van der Waals surface area contributed by atoms with Gasteiger partial charge in [-0.15, -0.1) is 0 Å². The monoisotopic (exact) mass is 417 g/mol. The second kappa shape index (κ2) is 6.40. The van der Waals surface area contributed by atoms with Crippen LogP contribution in [-0.2, 0) is 7.05 Å². The highest BCUT2D eigenvalue weighted by atomic mass is 79.9. The third kappa shape index (κ3) is 3.70. The van der Waals surface area contributed by atoms with Gasteiger partial charge in [-0.25, -0.2) is 4.39 Å². The van der Waals surface area contributed by atoms with E-state index in [1.54, 1.807) is 23.9 Å². The molecular formula is C13H10Br2FN3O2. The number of hydrazine groups is 1. The Labute approximate surface area is 136 Å². The molecule has 2 amide bonds. The van der Waals surface area contributed by atoms with Crippen molar-refractivity contribution in [2.75, 3.05) is 0 Å². The van der Waals surface area contributed by atoms with E-state index in [2.05, 4.69) is 42.7 Å². The molecule has 0 saturated heterocycles. The van der Waals surface area contributed by atoms with Crippen LogP contribution in [0.15, 0.2) is 39.4 Å². The molecule has 0 saturated carbocycles. The first-order chi connectivity index (χ1) is 9.88. The Morgan fingerprint density at radius 1 is 1.10 bits per heavy atom. The number of aryl methyl sites for hydroxylation is 1. The van der Waals surface area contributed by atoms with Crippen LogP contribution in [0.5, 0.6) is 0 Å². The Morgan fingerprint density at radius 3 is 2.33 bits per heavy atom. The highest BCUT2D eigenvalue weighted by Gasteiger charge is 2.15. The maximum absolute atomic E-state index is 13.6. The number of hydrogen-bond donors (Lipinski definition) is 2. The molecule has 0 aliphatic carbocycles. The molecule has 21 heavy (non-hydrogen) atoms. The lowest BCUT2D eigenvalue weighted by Crippen LogP contribution is -2.42. The SMILES string of the molecule is Cn1cc(Br)cc1C(=O)NNC(=O)c1ccc(Br)cc1F. The zero-order valence-electron chi connectivity index (χ0n) is 10.8. The summed E-state index contributed by atoms with van der Waals surface area (Å²) < 4.78 is 16.4. The third-order valence-corrected chi connectivity index (χ3v) is 3.60. The van der Waals surface area contributed by atoms with E-state index in [-0.39, 0.29) is 5.56 Å². The average molecular weight is 419 g/mol. The fourth-order valence-corrected chi connectivity index (χ4v) is 2.53. The molecule has 0 unspecified atom stereocenters. The summed E-state index contributed by atoms with van der Waals surface area (Å²) in [5, 5.41) is 0. The minimum Gasteiger partial charge on any atom is -0.345 e. The molecule has 5 nitrogen and oxygen atoms in total. The number of nitrogens with one attached hydrogen (secondary N) is 2. The highest BCUT2D eigenvalue weighted by Crippen LogP contribution is 2.15. The van der Waals surface area contributed by atoms with Crippen molar-refractivity contribution >= 4 is 43.7 Å². The molecule has 8 heteroatoms. The minimum absolute atomic E-state index is 0.161. The van der Waals surface area contributed by atoms with E-state index < -0.39 is 17.6 Å². The number of halogens is 3. The highest BCUT2D eigenvalue weighted by molar-refractivity contribution is 9.10. The summed E-state index contributed by atoms with van der Waals surface area (Å²) in [7, 11) is 1.69. The molecule has 1 aromatic heterocycles. The van der Waals surface area contributed by atoms with Gasteiger partial charge in [0.2, 0.25) is 0 Å². The van der Waals surface area contributed by atoms with Crippen molar-refractivity contribution in [3.63, 3.8) is 0 Å². The van der Waals surface area contributed by atoms with Crippen molar-refractivity contribution < 1.29 is 14.0 Å². The Balaban J connectivity index is 2.04. The third-order valence-electron chi connectivity index (χ3n) is 2.67. The predicted octanol–water partition coefficient (Wildman–Crippen LogP) is 2.76. The Bertz CT molecular complexity index is 715. The lowest BCUT2D eigenvalue weighted by atomic mass is 10.2. The van der Waals surface area contributed by atoms with Crippen molar-refractivity contribution in [2.24, 2.45) is 7.05 Å². The van der Waals surface area contributed by atoms with Crippen molar-refractivity contribution in [3.05, 3.63) is 56.5 Å². The van der Waals surface area contributed by atoms with Gasteiger partial charge in [0.1, 0.15) is 11.5 Å². The van der Waals surface area contributed by atoms with Crippen LogP contribution >= 0.6 is 31.9 Å². The second-order valence-electron chi connectivity index (χ2n) is 4.19. The number of benzene rings is 1. The van der Waals surface area contributed by atoms with E-state index in [1.807, 2.05) is 0 Å². The summed E-state index contributed by atoms with van der Waals surface area (Å²) in [6, 6.07) is 5.63. The smallest absolute Gasteiger partial charge is 0.286 e. The Kier molecular flexibility index (Phi) is 4.79. The van der Waals surface area contributed by atoms with Gasteiger partial charge in [-0.3, -0.25) is 20.4 Å². The Hall–Kier alpha value is -1.67. The second-order valence-corrected chi connectivity index (χ2v) is 6.02. The number of aromatic nitrogens is 1. The van der Waals surface area contributed by atoms with Gasteiger partial charge in [0, 0.05) is 22.2 Å². The molecule has 0 aliphatic heterocycles. The fourth-order valence-electron chi connectivity index (χ4n) is 1.67. The number of hydrogen-bond acceptors (Lipinski definition) is 2. The van der Waals surface area contributed by atoms with Crippen LogP contribution < -0.4 is 10.9 Å². The normalized spacial score (nSPS) is 10.3. The number of rotatable bonds is 2. The maximum Gasteiger partial charge on any atom is 0.286 e. The molecular weight excluding hydrogens is 409 g/mol. The van der Waals surface area contributed by atoms with Gasteiger partial charge in [-0.1, -0.05) is 15.9 Å². The van der Waals surface area contributed by atoms with Crippen LogP contribution in [0.1, 0.15) is 20.8 Å². The summed E-state index contributed by atoms with van der Waals surface area (Å²) in [6.45, 7) is 0. The minimum atomic E-state index is -0.735. The number of amides is 2. The van der Waals surface area contributed by atoms with Gasteiger partial charge < -0.3 is 4.57 Å². The van der Waals surface area contributed by atoms with Crippen molar-refractivity contribution in [2.45, 2.75) is 0 Å². The van der Waals surface area contributed by atoms with E-state index in [4.69, 9.17) is 0 Å². The predicted molar refractivity (Wildman–Crippen MR) is 82.1 cm³/mol. The van der Waals surface area contributed by atoms with E-state index in [9.17, 15) is 14.0 Å². The van der Waals surface area contributed by atoms with E-state index in [1.165, 1.54) is 18.2 Å². The quantitative estimate of drug-likeness (QED) is 0.736. The first kappa shape index (κ1) is 15.7. The molecule has 110 valence electrons. The van der Waals surface area contributed by atoms with Gasteiger partial charge in [0.05, 0.1) is 5.56 Å². The number of carbonyl (C=O) groups excluding carboxylic acids is 2. The van der Waals surface area contributed by atoms with E-state index in [0.717, 1.165) is 4.47 Å². The number of nitrogens with zero attached hydrogens (tertiary/aromatic N) is 1. The molecule has 2 aromatic rings. The summed E-state index contributed by atoms with van der Waals surface area (Å²) in [5.74, 6) is -1.92. The van der Waals surface area contributed by atoms with Gasteiger partial charge in [-0.05, 0) is 40.2 Å². The lowest BCUT2D eigenvalue weighted by Gasteiger charge is -2.08. The standard InChI is InChI=1S/C13H10Br2FN3O2/c1-19-6-8(15)5-11(19)13(21)18-17-12(20)9-3-2-7(14)4-10(9)16/h2-6H,1H3,(H,17,20)(H,18,21).